The molecule has 1 amide bonds. The maximum atomic E-state index is 13.2. The summed E-state index contributed by atoms with van der Waals surface area (Å²) in [5, 5.41) is 0. The first-order valence-electron chi connectivity index (χ1n) is 10.9. The number of benzene rings is 1. The second kappa shape index (κ2) is 8.15. The number of rotatable bonds is 5. The number of piperidine rings is 1. The molecule has 160 valence electrons. The average molecular weight is 418 g/mol. The van der Waals surface area contributed by atoms with Crippen molar-refractivity contribution in [2.75, 3.05) is 13.1 Å². The van der Waals surface area contributed by atoms with Crippen molar-refractivity contribution in [3.05, 3.63) is 88.4 Å². The van der Waals surface area contributed by atoms with Crippen LogP contribution in [0.3, 0.4) is 0 Å². The molecule has 2 aliphatic heterocycles. The van der Waals surface area contributed by atoms with Gasteiger partial charge in [0.2, 0.25) is 5.91 Å². The minimum absolute atomic E-state index is 0.0294. The second-order valence-electron chi connectivity index (χ2n) is 8.74. The first kappa shape index (κ1) is 19.8. The van der Waals surface area contributed by atoms with Crippen LogP contribution >= 0.6 is 0 Å². The summed E-state index contributed by atoms with van der Waals surface area (Å²) in [7, 11) is 0. The number of fused-ring (bicyclic) bond motifs is 4. The number of H-pyrrole nitrogens is 1. The summed E-state index contributed by atoms with van der Waals surface area (Å²) in [6.07, 6.45) is 5.50. The Morgan fingerprint density at radius 1 is 1.16 bits per heavy atom. The summed E-state index contributed by atoms with van der Waals surface area (Å²) in [4.78, 5) is 35.0. The van der Waals surface area contributed by atoms with E-state index in [0.717, 1.165) is 24.2 Å². The highest BCUT2D eigenvalue weighted by Gasteiger charge is 2.42. The molecule has 1 fully saturated rings. The van der Waals surface area contributed by atoms with Crippen LogP contribution in [-0.2, 0) is 17.6 Å². The molecule has 5 rings (SSSR count). The van der Waals surface area contributed by atoms with Crippen molar-refractivity contribution < 1.29 is 4.79 Å². The van der Waals surface area contributed by atoms with E-state index in [4.69, 9.17) is 5.73 Å². The molecule has 4 heterocycles. The van der Waals surface area contributed by atoms with Crippen molar-refractivity contribution in [2.45, 2.75) is 37.3 Å². The summed E-state index contributed by atoms with van der Waals surface area (Å²) < 4.78 is 1.98. The van der Waals surface area contributed by atoms with Crippen LogP contribution in [0, 0.1) is 5.92 Å². The number of carbonyl (C=O) groups is 1. The third-order valence-electron chi connectivity index (χ3n) is 6.71. The van der Waals surface area contributed by atoms with Crippen LogP contribution in [0.2, 0.25) is 0 Å². The molecular formula is C24H27N5O2. The Hall–Kier alpha value is -3.19. The molecule has 0 spiro atoms. The lowest BCUT2D eigenvalue weighted by Crippen LogP contribution is -2.55. The van der Waals surface area contributed by atoms with Crippen LogP contribution in [0.5, 0.6) is 0 Å². The predicted molar refractivity (Wildman–Crippen MR) is 118 cm³/mol. The molecule has 31 heavy (non-hydrogen) atoms. The molecule has 3 aromatic rings. The van der Waals surface area contributed by atoms with Crippen LogP contribution in [0.15, 0.2) is 65.8 Å². The number of aromatic nitrogens is 3. The zero-order chi connectivity index (χ0) is 21.4. The Bertz CT molecular complexity index is 1110. The average Bonchev–Trinajstić information content (AvgIpc) is 3.30. The molecular weight excluding hydrogens is 390 g/mol. The monoisotopic (exact) mass is 417 g/mol. The Labute approximate surface area is 180 Å². The van der Waals surface area contributed by atoms with Crippen LogP contribution < -0.4 is 11.3 Å². The van der Waals surface area contributed by atoms with Gasteiger partial charge in [0, 0.05) is 55.1 Å². The molecule has 2 aromatic heterocycles. The Kier molecular flexibility index (Phi) is 5.19. The fraction of sp³-hybridized carbons (Fsp3) is 0.375. The number of nitrogens with one attached hydrogen (secondary N) is 1. The normalized spacial score (nSPS) is 23.3. The van der Waals surface area contributed by atoms with E-state index in [0.29, 0.717) is 19.5 Å². The third-order valence-corrected chi connectivity index (χ3v) is 6.71. The molecule has 2 aliphatic rings. The van der Waals surface area contributed by atoms with Gasteiger partial charge in [-0.1, -0.05) is 36.4 Å². The van der Waals surface area contributed by atoms with E-state index in [2.05, 4.69) is 22.1 Å². The Morgan fingerprint density at radius 3 is 2.77 bits per heavy atom. The minimum atomic E-state index is -0.607. The fourth-order valence-corrected chi connectivity index (χ4v) is 5.30. The number of carbonyl (C=O) groups excluding carboxylic acids is 1. The molecule has 7 heteroatoms. The van der Waals surface area contributed by atoms with Gasteiger partial charge < -0.3 is 20.2 Å². The molecule has 0 unspecified atom stereocenters. The van der Waals surface area contributed by atoms with Crippen LogP contribution in [0.4, 0.5) is 0 Å². The summed E-state index contributed by atoms with van der Waals surface area (Å²) in [6.45, 7) is 1.23. The molecule has 1 saturated heterocycles. The van der Waals surface area contributed by atoms with Crippen molar-refractivity contribution in [3.63, 3.8) is 0 Å². The van der Waals surface area contributed by atoms with E-state index < -0.39 is 6.04 Å². The van der Waals surface area contributed by atoms with Gasteiger partial charge in [-0.3, -0.25) is 9.59 Å². The maximum Gasteiger partial charge on any atom is 0.251 e. The largest absolute Gasteiger partial charge is 0.348 e. The van der Waals surface area contributed by atoms with Crippen LogP contribution in [0.25, 0.3) is 0 Å². The summed E-state index contributed by atoms with van der Waals surface area (Å²) >= 11 is 0. The molecule has 0 radical (unpaired) electrons. The highest BCUT2D eigenvalue weighted by Crippen LogP contribution is 2.42. The number of hydrogen-bond acceptors (Lipinski definition) is 4. The molecule has 3 N–H and O–H groups in total. The number of aromatic amines is 1. The van der Waals surface area contributed by atoms with Crippen molar-refractivity contribution in [3.8, 4) is 0 Å². The third kappa shape index (κ3) is 3.81. The smallest absolute Gasteiger partial charge is 0.251 e. The fourth-order valence-electron chi connectivity index (χ4n) is 5.30. The molecule has 2 bridgehead atoms. The lowest BCUT2D eigenvalue weighted by atomic mass is 9.76. The lowest BCUT2D eigenvalue weighted by Gasteiger charge is -2.47. The number of pyridine rings is 1. The van der Waals surface area contributed by atoms with Gasteiger partial charge >= 0.3 is 0 Å². The standard InChI is InChI=1S/C24H27N5O2/c25-20(11-19-12-26-15-27-19)24(31)28-13-17-10-18(14-28)22(9-16-5-2-1-3-6-16)29-21(17)7-4-8-23(29)30/h1-8,12,15,17-18,20,22H,9-11,13-14,25H2,(H,26,27)/t17-,18+,20+,22+/m1/s1. The highest BCUT2D eigenvalue weighted by atomic mass is 16.2. The number of nitrogens with zero attached hydrogens (tertiary/aromatic N) is 3. The summed E-state index contributed by atoms with van der Waals surface area (Å²) in [5.74, 6) is 0.340. The van der Waals surface area contributed by atoms with Gasteiger partial charge in [-0.15, -0.1) is 0 Å². The number of imidazole rings is 1. The van der Waals surface area contributed by atoms with Gasteiger partial charge in [-0.05, 0) is 30.4 Å². The first-order valence-corrected chi connectivity index (χ1v) is 10.9. The number of hydrogen-bond donors (Lipinski definition) is 2. The number of likely N-dealkylation sites (tertiary alicyclic amines) is 1. The molecule has 1 aromatic carbocycles. The van der Waals surface area contributed by atoms with E-state index in [1.54, 1.807) is 18.6 Å². The van der Waals surface area contributed by atoms with Gasteiger partial charge in [0.25, 0.3) is 5.56 Å². The predicted octanol–water partition coefficient (Wildman–Crippen LogP) is 1.87. The summed E-state index contributed by atoms with van der Waals surface area (Å²) in [6, 6.07) is 15.2. The quantitative estimate of drug-likeness (QED) is 0.662. The van der Waals surface area contributed by atoms with E-state index >= 15 is 0 Å². The zero-order valence-corrected chi connectivity index (χ0v) is 17.4. The van der Waals surface area contributed by atoms with Gasteiger partial charge in [0.15, 0.2) is 0 Å². The van der Waals surface area contributed by atoms with Crippen molar-refractivity contribution in [1.29, 1.82) is 0 Å². The van der Waals surface area contributed by atoms with Crippen molar-refractivity contribution in [1.82, 2.24) is 19.4 Å². The number of nitrogens with two attached hydrogens (primary N) is 1. The van der Waals surface area contributed by atoms with Crippen molar-refractivity contribution >= 4 is 5.91 Å². The van der Waals surface area contributed by atoms with Crippen LogP contribution in [-0.4, -0.2) is 44.5 Å². The van der Waals surface area contributed by atoms with E-state index in [1.165, 1.54) is 5.56 Å². The summed E-state index contributed by atoms with van der Waals surface area (Å²) in [5.41, 5.74) is 9.41. The molecule has 0 aliphatic carbocycles. The zero-order valence-electron chi connectivity index (χ0n) is 17.4. The van der Waals surface area contributed by atoms with Gasteiger partial charge in [-0.2, -0.15) is 0 Å². The first-order chi connectivity index (χ1) is 15.1. The van der Waals surface area contributed by atoms with E-state index in [1.807, 2.05) is 39.8 Å². The maximum absolute atomic E-state index is 13.2. The van der Waals surface area contributed by atoms with Gasteiger partial charge in [-0.25, -0.2) is 4.98 Å². The van der Waals surface area contributed by atoms with E-state index in [-0.39, 0.29) is 29.3 Å². The molecule has 7 nitrogen and oxygen atoms in total. The molecule has 4 atom stereocenters. The highest BCUT2D eigenvalue weighted by molar-refractivity contribution is 5.82. The Balaban J connectivity index is 1.43. The van der Waals surface area contributed by atoms with Crippen molar-refractivity contribution in [2.24, 2.45) is 11.7 Å². The topological polar surface area (TPSA) is 97.0 Å². The Morgan fingerprint density at radius 2 is 2.00 bits per heavy atom. The minimum Gasteiger partial charge on any atom is -0.348 e. The molecule has 0 saturated carbocycles. The van der Waals surface area contributed by atoms with Gasteiger partial charge in [0.1, 0.15) is 0 Å². The van der Waals surface area contributed by atoms with Gasteiger partial charge in [0.05, 0.1) is 12.4 Å². The SMILES string of the molecule is N[C@@H](Cc1cnc[nH]1)C(=O)N1C[C@H]2C[C@@H](C1)[C@H](Cc1ccccc1)n1c2cccc1=O. The lowest BCUT2D eigenvalue weighted by molar-refractivity contribution is -0.135. The second-order valence-corrected chi connectivity index (χ2v) is 8.74. The van der Waals surface area contributed by atoms with E-state index in [9.17, 15) is 9.59 Å². The van der Waals surface area contributed by atoms with Crippen LogP contribution in [0.1, 0.15) is 35.3 Å². The number of amides is 1.